The Hall–Kier alpha value is -1.50. The number of terminal acetylenes is 1. The minimum atomic E-state index is 0.488. The third kappa shape index (κ3) is 6.85. The van der Waals surface area contributed by atoms with Crippen LogP contribution in [0.3, 0.4) is 0 Å². The number of hydrogen-bond acceptors (Lipinski definition) is 3. The van der Waals surface area contributed by atoms with E-state index < -0.39 is 0 Å². The Bertz CT molecular complexity index is 409. The predicted octanol–water partition coefficient (Wildman–Crippen LogP) is 2.13. The molecule has 0 amide bonds. The van der Waals surface area contributed by atoms with E-state index in [-0.39, 0.29) is 0 Å². The van der Waals surface area contributed by atoms with Gasteiger partial charge in [-0.3, -0.25) is 4.90 Å². The molecule has 0 fully saturated rings. The van der Waals surface area contributed by atoms with Crippen molar-refractivity contribution in [1.82, 2.24) is 10.2 Å². The van der Waals surface area contributed by atoms with Crippen LogP contribution in [0.15, 0.2) is 24.3 Å². The lowest BCUT2D eigenvalue weighted by Gasteiger charge is -2.14. The molecule has 0 spiro atoms. The smallest absolute Gasteiger partial charge is 0.119 e. The lowest BCUT2D eigenvalue weighted by molar-refractivity contribution is 0.251. The second-order valence-corrected chi connectivity index (χ2v) is 4.97. The van der Waals surface area contributed by atoms with Gasteiger partial charge in [0.25, 0.3) is 0 Å². The summed E-state index contributed by atoms with van der Waals surface area (Å²) < 4.78 is 5.73. The van der Waals surface area contributed by atoms with Gasteiger partial charge in [0.1, 0.15) is 12.4 Å². The van der Waals surface area contributed by atoms with Crippen molar-refractivity contribution >= 4 is 0 Å². The molecule has 1 aromatic carbocycles. The van der Waals surface area contributed by atoms with Crippen LogP contribution in [0.2, 0.25) is 0 Å². The second-order valence-electron chi connectivity index (χ2n) is 4.97. The van der Waals surface area contributed by atoms with Crippen LogP contribution in [0.1, 0.15) is 19.4 Å². The topological polar surface area (TPSA) is 24.5 Å². The summed E-state index contributed by atoms with van der Waals surface area (Å²) in [7, 11) is 1.99. The fourth-order valence-corrected chi connectivity index (χ4v) is 1.62. The number of rotatable bonds is 8. The van der Waals surface area contributed by atoms with Gasteiger partial charge in [-0.05, 0) is 24.7 Å². The van der Waals surface area contributed by atoms with E-state index in [9.17, 15) is 0 Å². The maximum atomic E-state index is 5.73. The number of benzene rings is 1. The number of ether oxygens (including phenoxy) is 1. The molecule has 0 atom stereocenters. The Morgan fingerprint density at radius 2 is 2.21 bits per heavy atom. The molecule has 0 saturated heterocycles. The average molecular weight is 260 g/mol. The molecule has 0 aliphatic rings. The van der Waals surface area contributed by atoms with Crippen LogP contribution in [0.5, 0.6) is 5.75 Å². The third-order valence-electron chi connectivity index (χ3n) is 2.72. The second kappa shape index (κ2) is 8.58. The van der Waals surface area contributed by atoms with Crippen LogP contribution in [-0.4, -0.2) is 37.7 Å². The van der Waals surface area contributed by atoms with E-state index in [1.807, 2.05) is 19.2 Å². The van der Waals surface area contributed by atoms with Gasteiger partial charge in [0.15, 0.2) is 0 Å². The van der Waals surface area contributed by atoms with Crippen LogP contribution in [0.4, 0.5) is 0 Å². The van der Waals surface area contributed by atoms with Crippen molar-refractivity contribution in [1.29, 1.82) is 0 Å². The highest BCUT2D eigenvalue weighted by Gasteiger charge is 2.00. The van der Waals surface area contributed by atoms with Crippen LogP contribution < -0.4 is 10.1 Å². The minimum Gasteiger partial charge on any atom is -0.492 e. The third-order valence-corrected chi connectivity index (χ3v) is 2.72. The molecular weight excluding hydrogens is 236 g/mol. The first-order valence-electron chi connectivity index (χ1n) is 6.69. The monoisotopic (exact) mass is 260 g/mol. The first-order valence-corrected chi connectivity index (χ1v) is 6.69. The van der Waals surface area contributed by atoms with E-state index in [1.54, 1.807) is 0 Å². The lowest BCUT2D eigenvalue weighted by atomic mass is 10.2. The van der Waals surface area contributed by atoms with Crippen molar-refractivity contribution in [3.63, 3.8) is 0 Å². The molecule has 0 aliphatic carbocycles. The Kier molecular flexibility index (Phi) is 7.02. The number of likely N-dealkylation sites (N-methyl/N-ethyl adjacent to an activating group) is 1. The highest BCUT2D eigenvalue weighted by atomic mass is 16.5. The molecule has 0 heterocycles. The Labute approximate surface area is 117 Å². The van der Waals surface area contributed by atoms with Crippen molar-refractivity contribution in [2.75, 3.05) is 26.7 Å². The Balaban J connectivity index is 2.38. The van der Waals surface area contributed by atoms with Crippen LogP contribution in [0.25, 0.3) is 0 Å². The summed E-state index contributed by atoms with van der Waals surface area (Å²) in [6.07, 6.45) is 5.25. The molecule has 0 saturated carbocycles. The van der Waals surface area contributed by atoms with Gasteiger partial charge in [0.05, 0.1) is 6.54 Å². The molecule has 19 heavy (non-hydrogen) atoms. The minimum absolute atomic E-state index is 0.488. The highest BCUT2D eigenvalue weighted by Crippen LogP contribution is 2.13. The van der Waals surface area contributed by atoms with Crippen molar-refractivity contribution in [2.24, 2.45) is 0 Å². The molecule has 0 unspecified atom stereocenters. The van der Waals surface area contributed by atoms with Gasteiger partial charge in [-0.2, -0.15) is 0 Å². The van der Waals surface area contributed by atoms with Crippen molar-refractivity contribution in [3.8, 4) is 18.1 Å². The van der Waals surface area contributed by atoms with Gasteiger partial charge in [-0.1, -0.05) is 31.9 Å². The molecule has 1 aromatic rings. The average Bonchev–Trinajstić information content (AvgIpc) is 2.37. The predicted molar refractivity (Wildman–Crippen MR) is 80.2 cm³/mol. The number of nitrogens with one attached hydrogen (secondary N) is 1. The summed E-state index contributed by atoms with van der Waals surface area (Å²) in [4.78, 5) is 2.06. The van der Waals surface area contributed by atoms with E-state index in [0.29, 0.717) is 19.2 Å². The summed E-state index contributed by atoms with van der Waals surface area (Å²) >= 11 is 0. The largest absolute Gasteiger partial charge is 0.492 e. The fourth-order valence-electron chi connectivity index (χ4n) is 1.62. The van der Waals surface area contributed by atoms with E-state index in [4.69, 9.17) is 11.2 Å². The Morgan fingerprint density at radius 3 is 2.89 bits per heavy atom. The standard InChI is InChI=1S/C16H24N2O/c1-5-9-18(4)10-11-19-16-8-6-7-15(12-16)13-17-14(2)3/h1,6-8,12,14,17H,9-11,13H2,2-4H3. The molecule has 0 aromatic heterocycles. The first-order chi connectivity index (χ1) is 9.11. The van der Waals surface area contributed by atoms with Gasteiger partial charge in [0.2, 0.25) is 0 Å². The maximum absolute atomic E-state index is 5.73. The molecule has 1 rings (SSSR count). The van der Waals surface area contributed by atoms with Gasteiger partial charge < -0.3 is 10.1 Å². The summed E-state index contributed by atoms with van der Waals surface area (Å²) in [6, 6.07) is 8.68. The lowest BCUT2D eigenvalue weighted by Crippen LogP contribution is -2.24. The summed E-state index contributed by atoms with van der Waals surface area (Å²) in [5, 5.41) is 3.39. The fraction of sp³-hybridized carbons (Fsp3) is 0.500. The molecule has 0 aliphatic heterocycles. The SMILES string of the molecule is C#CCN(C)CCOc1cccc(CNC(C)C)c1. The van der Waals surface area contributed by atoms with E-state index >= 15 is 0 Å². The molecule has 0 radical (unpaired) electrons. The Morgan fingerprint density at radius 1 is 1.42 bits per heavy atom. The first kappa shape index (κ1) is 15.6. The molecule has 0 bridgehead atoms. The van der Waals surface area contributed by atoms with Crippen LogP contribution >= 0.6 is 0 Å². The quantitative estimate of drug-likeness (QED) is 0.725. The van der Waals surface area contributed by atoms with Gasteiger partial charge >= 0.3 is 0 Å². The van der Waals surface area contributed by atoms with Crippen LogP contribution in [-0.2, 0) is 6.54 Å². The van der Waals surface area contributed by atoms with E-state index in [2.05, 4.69) is 42.1 Å². The number of hydrogen-bond donors (Lipinski definition) is 1. The van der Waals surface area contributed by atoms with E-state index in [0.717, 1.165) is 18.8 Å². The van der Waals surface area contributed by atoms with Gasteiger partial charge in [-0.25, -0.2) is 0 Å². The molecular formula is C16H24N2O. The van der Waals surface area contributed by atoms with Crippen molar-refractivity contribution in [2.45, 2.75) is 26.4 Å². The van der Waals surface area contributed by atoms with Crippen molar-refractivity contribution in [3.05, 3.63) is 29.8 Å². The highest BCUT2D eigenvalue weighted by molar-refractivity contribution is 5.28. The number of nitrogens with zero attached hydrogens (tertiary/aromatic N) is 1. The molecule has 1 N–H and O–H groups in total. The zero-order chi connectivity index (χ0) is 14.1. The summed E-state index contributed by atoms with van der Waals surface area (Å²) in [5.74, 6) is 3.53. The van der Waals surface area contributed by atoms with E-state index in [1.165, 1.54) is 5.56 Å². The normalized spacial score (nSPS) is 10.7. The molecule has 3 nitrogen and oxygen atoms in total. The van der Waals surface area contributed by atoms with Gasteiger partial charge in [-0.15, -0.1) is 6.42 Å². The molecule has 3 heteroatoms. The van der Waals surface area contributed by atoms with Gasteiger partial charge in [0, 0.05) is 19.1 Å². The summed E-state index contributed by atoms with van der Waals surface area (Å²) in [6.45, 7) is 7.29. The van der Waals surface area contributed by atoms with Crippen LogP contribution in [0, 0.1) is 12.3 Å². The zero-order valence-electron chi connectivity index (χ0n) is 12.1. The summed E-state index contributed by atoms with van der Waals surface area (Å²) in [5.41, 5.74) is 1.24. The molecule has 104 valence electrons. The maximum Gasteiger partial charge on any atom is 0.119 e. The van der Waals surface area contributed by atoms with Crippen molar-refractivity contribution < 1.29 is 4.74 Å². The zero-order valence-corrected chi connectivity index (χ0v) is 12.1.